The van der Waals surface area contributed by atoms with Gasteiger partial charge in [-0.3, -0.25) is 4.79 Å². The molecule has 0 heterocycles. The summed E-state index contributed by atoms with van der Waals surface area (Å²) >= 11 is 0. The zero-order valence-corrected chi connectivity index (χ0v) is 15.6. The zero-order chi connectivity index (χ0) is 18.4. The molecule has 0 spiro atoms. The van der Waals surface area contributed by atoms with Crippen LogP contribution in [0.1, 0.15) is 42.3 Å². The summed E-state index contributed by atoms with van der Waals surface area (Å²) in [5, 5.41) is 0. The SMILES string of the molecule is COc1ccc(C=O)cc1OCCOc1c(C)cccc1C(C)(C)C. The molecule has 0 aliphatic rings. The average Bonchev–Trinajstić information content (AvgIpc) is 2.58. The molecule has 2 aromatic rings. The first-order chi connectivity index (χ1) is 11.9. The van der Waals surface area contributed by atoms with Crippen LogP contribution in [0.15, 0.2) is 36.4 Å². The standard InChI is InChI=1S/C21H26O4/c1-15-7-6-8-17(21(2,3)4)20(15)25-12-11-24-19-13-16(14-22)9-10-18(19)23-5/h6-10,13-14H,11-12H2,1-5H3. The highest BCUT2D eigenvalue weighted by atomic mass is 16.5. The van der Waals surface area contributed by atoms with Crippen molar-refractivity contribution in [2.75, 3.05) is 20.3 Å². The smallest absolute Gasteiger partial charge is 0.162 e. The molecule has 2 rings (SSSR count). The van der Waals surface area contributed by atoms with E-state index in [-0.39, 0.29) is 5.41 Å². The van der Waals surface area contributed by atoms with Crippen molar-refractivity contribution in [3.8, 4) is 17.2 Å². The lowest BCUT2D eigenvalue weighted by molar-refractivity contribution is 0.112. The van der Waals surface area contributed by atoms with Gasteiger partial charge in [0.2, 0.25) is 0 Å². The monoisotopic (exact) mass is 342 g/mol. The van der Waals surface area contributed by atoms with E-state index in [2.05, 4.69) is 32.9 Å². The number of carbonyl (C=O) groups excluding carboxylic acids is 1. The Labute approximate surface area is 149 Å². The molecule has 0 fully saturated rings. The van der Waals surface area contributed by atoms with E-state index in [1.54, 1.807) is 25.3 Å². The van der Waals surface area contributed by atoms with Crippen LogP contribution in [0.2, 0.25) is 0 Å². The van der Waals surface area contributed by atoms with Gasteiger partial charge in [0.25, 0.3) is 0 Å². The molecule has 0 aliphatic carbocycles. The number of para-hydroxylation sites is 1. The van der Waals surface area contributed by atoms with Crippen LogP contribution in [0.4, 0.5) is 0 Å². The predicted molar refractivity (Wildman–Crippen MR) is 99.3 cm³/mol. The molecule has 25 heavy (non-hydrogen) atoms. The second-order valence-electron chi connectivity index (χ2n) is 6.93. The summed E-state index contributed by atoms with van der Waals surface area (Å²) in [7, 11) is 1.57. The van der Waals surface area contributed by atoms with E-state index in [0.29, 0.717) is 30.3 Å². The average molecular weight is 342 g/mol. The third kappa shape index (κ3) is 4.75. The topological polar surface area (TPSA) is 44.8 Å². The molecule has 0 aliphatic heterocycles. The van der Waals surface area contributed by atoms with Crippen LogP contribution in [0, 0.1) is 6.92 Å². The van der Waals surface area contributed by atoms with Crippen LogP contribution in [0.3, 0.4) is 0 Å². The lowest BCUT2D eigenvalue weighted by atomic mass is 9.85. The van der Waals surface area contributed by atoms with Gasteiger partial charge in [0.1, 0.15) is 25.2 Å². The molecule has 0 atom stereocenters. The lowest BCUT2D eigenvalue weighted by Crippen LogP contribution is -2.16. The van der Waals surface area contributed by atoms with Crippen LogP contribution in [-0.2, 0) is 5.41 Å². The Hall–Kier alpha value is -2.49. The van der Waals surface area contributed by atoms with E-state index in [1.165, 1.54) is 5.56 Å². The molecule has 0 saturated carbocycles. The summed E-state index contributed by atoms with van der Waals surface area (Å²) in [4.78, 5) is 10.9. The highest BCUT2D eigenvalue weighted by Crippen LogP contribution is 2.34. The summed E-state index contributed by atoms with van der Waals surface area (Å²) in [6.45, 7) is 9.31. The molecule has 134 valence electrons. The molecule has 0 saturated heterocycles. The number of carbonyl (C=O) groups is 1. The van der Waals surface area contributed by atoms with E-state index in [4.69, 9.17) is 14.2 Å². The van der Waals surface area contributed by atoms with Crippen molar-refractivity contribution in [2.45, 2.75) is 33.1 Å². The normalized spacial score (nSPS) is 11.1. The van der Waals surface area contributed by atoms with Crippen LogP contribution >= 0.6 is 0 Å². The molecule has 2 aromatic carbocycles. The Balaban J connectivity index is 2.04. The summed E-state index contributed by atoms with van der Waals surface area (Å²) in [5.74, 6) is 2.04. The van der Waals surface area contributed by atoms with Crippen LogP contribution in [0.5, 0.6) is 17.2 Å². The summed E-state index contributed by atoms with van der Waals surface area (Å²) in [6, 6.07) is 11.3. The van der Waals surface area contributed by atoms with Crippen LogP contribution in [-0.4, -0.2) is 26.6 Å². The number of benzene rings is 2. The number of aldehydes is 1. The summed E-state index contributed by atoms with van der Waals surface area (Å²) < 4.78 is 17.0. The van der Waals surface area contributed by atoms with Crippen molar-refractivity contribution in [1.29, 1.82) is 0 Å². The van der Waals surface area contributed by atoms with Gasteiger partial charge in [-0.1, -0.05) is 39.0 Å². The molecular formula is C21H26O4. The van der Waals surface area contributed by atoms with Crippen molar-refractivity contribution in [3.05, 3.63) is 53.1 Å². The van der Waals surface area contributed by atoms with Crippen molar-refractivity contribution < 1.29 is 19.0 Å². The third-order valence-electron chi connectivity index (χ3n) is 3.93. The van der Waals surface area contributed by atoms with Crippen molar-refractivity contribution in [1.82, 2.24) is 0 Å². The van der Waals surface area contributed by atoms with Crippen molar-refractivity contribution in [2.24, 2.45) is 0 Å². The maximum absolute atomic E-state index is 10.9. The molecule has 0 radical (unpaired) electrons. The van der Waals surface area contributed by atoms with E-state index < -0.39 is 0 Å². The Morgan fingerprint density at radius 3 is 2.36 bits per heavy atom. The second kappa shape index (κ2) is 8.06. The maximum atomic E-state index is 10.9. The minimum Gasteiger partial charge on any atom is -0.493 e. The maximum Gasteiger partial charge on any atom is 0.162 e. The summed E-state index contributed by atoms with van der Waals surface area (Å²) in [6.07, 6.45) is 0.783. The van der Waals surface area contributed by atoms with Gasteiger partial charge >= 0.3 is 0 Å². The molecule has 4 heteroatoms. The van der Waals surface area contributed by atoms with E-state index in [9.17, 15) is 4.79 Å². The Bertz CT molecular complexity index is 729. The van der Waals surface area contributed by atoms with E-state index in [1.807, 2.05) is 13.0 Å². The number of hydrogen-bond donors (Lipinski definition) is 0. The minimum atomic E-state index is 0.00369. The third-order valence-corrected chi connectivity index (χ3v) is 3.93. The van der Waals surface area contributed by atoms with Gasteiger partial charge in [-0.15, -0.1) is 0 Å². The quantitative estimate of drug-likeness (QED) is 0.546. The zero-order valence-electron chi connectivity index (χ0n) is 15.6. The Morgan fingerprint density at radius 2 is 1.72 bits per heavy atom. The van der Waals surface area contributed by atoms with Gasteiger partial charge in [-0.05, 0) is 41.7 Å². The van der Waals surface area contributed by atoms with Gasteiger partial charge < -0.3 is 14.2 Å². The number of methoxy groups -OCH3 is 1. The highest BCUT2D eigenvalue weighted by Gasteiger charge is 2.20. The molecule has 4 nitrogen and oxygen atoms in total. The first kappa shape index (κ1) is 18.8. The second-order valence-corrected chi connectivity index (χ2v) is 6.93. The Kier molecular flexibility index (Phi) is 6.07. The van der Waals surface area contributed by atoms with Crippen molar-refractivity contribution >= 4 is 6.29 Å². The number of hydrogen-bond acceptors (Lipinski definition) is 4. The fourth-order valence-electron chi connectivity index (χ4n) is 2.61. The molecule has 0 unspecified atom stereocenters. The fourth-order valence-corrected chi connectivity index (χ4v) is 2.61. The molecule has 0 bridgehead atoms. The first-order valence-corrected chi connectivity index (χ1v) is 8.35. The molecular weight excluding hydrogens is 316 g/mol. The fraction of sp³-hybridized carbons (Fsp3) is 0.381. The lowest BCUT2D eigenvalue weighted by Gasteiger charge is -2.24. The van der Waals surface area contributed by atoms with Crippen LogP contribution in [0.25, 0.3) is 0 Å². The van der Waals surface area contributed by atoms with Crippen molar-refractivity contribution in [3.63, 3.8) is 0 Å². The van der Waals surface area contributed by atoms with Gasteiger partial charge in [0.05, 0.1) is 7.11 Å². The van der Waals surface area contributed by atoms with Gasteiger partial charge in [0.15, 0.2) is 11.5 Å². The molecule has 0 N–H and O–H groups in total. The predicted octanol–water partition coefficient (Wildman–Crippen LogP) is 4.57. The summed E-state index contributed by atoms with van der Waals surface area (Å²) in [5.41, 5.74) is 2.83. The highest BCUT2D eigenvalue weighted by molar-refractivity contribution is 5.76. The first-order valence-electron chi connectivity index (χ1n) is 8.35. The van der Waals surface area contributed by atoms with Gasteiger partial charge in [-0.2, -0.15) is 0 Å². The number of aryl methyl sites for hydroxylation is 1. The number of rotatable bonds is 7. The molecule has 0 aromatic heterocycles. The van der Waals surface area contributed by atoms with Crippen LogP contribution < -0.4 is 14.2 Å². The Morgan fingerprint density at radius 1 is 1.00 bits per heavy atom. The van der Waals surface area contributed by atoms with E-state index in [0.717, 1.165) is 17.6 Å². The number of ether oxygens (including phenoxy) is 3. The van der Waals surface area contributed by atoms with Gasteiger partial charge in [0, 0.05) is 5.56 Å². The molecule has 0 amide bonds. The largest absolute Gasteiger partial charge is 0.493 e. The van der Waals surface area contributed by atoms with E-state index >= 15 is 0 Å². The van der Waals surface area contributed by atoms with Gasteiger partial charge in [-0.25, -0.2) is 0 Å². The minimum absolute atomic E-state index is 0.00369.